The van der Waals surface area contributed by atoms with Crippen LogP contribution in [0.2, 0.25) is 5.15 Å². The van der Waals surface area contributed by atoms with Gasteiger partial charge in [0.2, 0.25) is 5.91 Å². The molecule has 6 N–H and O–H groups in total. The normalized spacial score (nSPS) is 17.3. The molecule has 0 unspecified atom stereocenters. The number of guanidine groups is 1. The minimum atomic E-state index is -1.14. The number of hydrogen-bond acceptors (Lipinski definition) is 9. The molecule has 1 aromatic carbocycles. The first-order valence-corrected chi connectivity index (χ1v) is 14.5. The van der Waals surface area contributed by atoms with E-state index in [-0.39, 0.29) is 33.9 Å². The number of esters is 1. The van der Waals surface area contributed by atoms with Gasteiger partial charge in [-0.3, -0.25) is 9.59 Å². The number of carbonyl (C=O) groups is 3. The molecule has 2 saturated heterocycles. The van der Waals surface area contributed by atoms with Crippen molar-refractivity contribution in [3.05, 3.63) is 40.7 Å². The van der Waals surface area contributed by atoms with Crippen LogP contribution in [0.25, 0.3) is 0 Å². The molecule has 3 heterocycles. The lowest BCUT2D eigenvalue weighted by Gasteiger charge is -2.38. The van der Waals surface area contributed by atoms with Gasteiger partial charge in [-0.25, -0.2) is 14.8 Å². The molecule has 14 heteroatoms. The molecule has 0 radical (unpaired) electrons. The Morgan fingerprint density at radius 1 is 1.05 bits per heavy atom. The second-order valence-electron chi connectivity index (χ2n) is 12.3. The van der Waals surface area contributed by atoms with Gasteiger partial charge in [0.15, 0.2) is 34.0 Å². The molecule has 43 heavy (non-hydrogen) atoms. The Kier molecular flexibility index (Phi) is 9.05. The van der Waals surface area contributed by atoms with E-state index >= 15 is 0 Å². The molecule has 4 rings (SSSR count). The lowest BCUT2D eigenvalue weighted by atomic mass is 9.88. The molecular weight excluding hydrogens is 576 g/mol. The standard InChI is InChI=1S/C29H39ClN8O5/c1-27(2,3)43-25(41)28(4,5)42-18-9-6-17(7-10-18)8-11-19(39)38-14-12-29(13-15-38)16-33-26(37-29)36-24(40)20-22(31)35-23(32)21(30)34-20/h6-7,9-10H,8,11-16H2,1-5H3,(H4,31,32,35)(H2,33,36,37,40). The van der Waals surface area contributed by atoms with Crippen LogP contribution in [0.1, 0.15) is 69.9 Å². The molecular formula is C29H39ClN8O5. The molecule has 0 saturated carbocycles. The Morgan fingerprint density at radius 3 is 2.33 bits per heavy atom. The zero-order valence-electron chi connectivity index (χ0n) is 25.1. The number of nitrogens with two attached hydrogens (primary N) is 2. The number of amides is 2. The van der Waals surface area contributed by atoms with Crippen LogP contribution in [0.15, 0.2) is 29.3 Å². The monoisotopic (exact) mass is 614 g/mol. The van der Waals surface area contributed by atoms with Crippen LogP contribution in [-0.4, -0.2) is 75.0 Å². The van der Waals surface area contributed by atoms with Crippen molar-refractivity contribution in [1.82, 2.24) is 25.5 Å². The van der Waals surface area contributed by atoms with Crippen LogP contribution < -0.4 is 26.8 Å². The summed E-state index contributed by atoms with van der Waals surface area (Å²) in [5.74, 6) is -0.429. The Morgan fingerprint density at radius 2 is 1.70 bits per heavy atom. The van der Waals surface area contributed by atoms with Crippen LogP contribution in [0, 0.1) is 0 Å². The lowest BCUT2D eigenvalue weighted by Crippen LogP contribution is -2.53. The molecule has 2 aliphatic rings. The first-order chi connectivity index (χ1) is 20.1. The molecule has 0 bridgehead atoms. The number of nitrogen functional groups attached to an aromatic ring is 2. The number of hydrogen-bond donors (Lipinski definition) is 4. The van der Waals surface area contributed by atoms with Gasteiger partial charge in [-0.15, -0.1) is 0 Å². The summed E-state index contributed by atoms with van der Waals surface area (Å²) in [5, 5.41) is 6.30. The van der Waals surface area contributed by atoms with Gasteiger partial charge in [0.05, 0.1) is 5.54 Å². The van der Waals surface area contributed by atoms with Crippen molar-refractivity contribution in [2.45, 2.75) is 77.0 Å². The van der Waals surface area contributed by atoms with Gasteiger partial charge in [-0.05, 0) is 71.6 Å². The van der Waals surface area contributed by atoms with Crippen LogP contribution in [0.3, 0.4) is 0 Å². The Labute approximate surface area is 255 Å². The zero-order valence-corrected chi connectivity index (χ0v) is 25.9. The number of nitrogens with zero attached hydrogens (tertiary/aromatic N) is 4. The second-order valence-corrected chi connectivity index (χ2v) is 12.7. The van der Waals surface area contributed by atoms with Crippen molar-refractivity contribution < 1.29 is 23.9 Å². The van der Waals surface area contributed by atoms with Crippen molar-refractivity contribution in [3.8, 4) is 5.75 Å². The van der Waals surface area contributed by atoms with Gasteiger partial charge in [0.25, 0.3) is 0 Å². The van der Waals surface area contributed by atoms with E-state index in [2.05, 4.69) is 25.6 Å². The van der Waals surface area contributed by atoms with E-state index < -0.39 is 23.1 Å². The topological polar surface area (TPSA) is 187 Å². The zero-order chi connectivity index (χ0) is 31.6. The first kappa shape index (κ1) is 31.8. The fraction of sp³-hybridized carbons (Fsp3) is 0.517. The number of benzene rings is 1. The number of halogens is 1. The number of anilines is 2. The van der Waals surface area contributed by atoms with E-state index in [4.69, 9.17) is 32.5 Å². The number of ether oxygens (including phenoxy) is 2. The molecule has 1 aromatic heterocycles. The van der Waals surface area contributed by atoms with Crippen LogP contribution in [-0.2, 0) is 20.7 Å². The average molecular weight is 615 g/mol. The van der Waals surface area contributed by atoms with Gasteiger partial charge in [0.1, 0.15) is 11.4 Å². The fourth-order valence-corrected chi connectivity index (χ4v) is 4.90. The van der Waals surface area contributed by atoms with E-state index in [1.165, 1.54) is 0 Å². The summed E-state index contributed by atoms with van der Waals surface area (Å²) in [6, 6.07) is 7.38. The SMILES string of the molecule is CC(C)(C)OC(=O)C(C)(C)Oc1ccc(CCC(=O)N2CCC3(CC2)CN/C(=N\C(=O)c2nc(Cl)c(N)nc2N)N3)cc1. The van der Waals surface area contributed by atoms with Gasteiger partial charge in [-0.1, -0.05) is 23.7 Å². The highest BCUT2D eigenvalue weighted by atomic mass is 35.5. The quantitative estimate of drug-likeness (QED) is 0.335. The molecule has 2 fully saturated rings. The largest absolute Gasteiger partial charge is 0.476 e. The minimum Gasteiger partial charge on any atom is -0.476 e. The number of carbonyl (C=O) groups excluding carboxylic acids is 3. The highest BCUT2D eigenvalue weighted by Gasteiger charge is 2.41. The van der Waals surface area contributed by atoms with Gasteiger partial charge in [0, 0.05) is 26.1 Å². The van der Waals surface area contributed by atoms with Crippen molar-refractivity contribution in [3.63, 3.8) is 0 Å². The summed E-state index contributed by atoms with van der Waals surface area (Å²) in [4.78, 5) is 51.7. The fourth-order valence-electron chi connectivity index (χ4n) is 4.77. The van der Waals surface area contributed by atoms with Crippen LogP contribution >= 0.6 is 11.6 Å². The Balaban J connectivity index is 1.24. The maximum atomic E-state index is 13.0. The molecule has 232 valence electrons. The third-order valence-electron chi connectivity index (χ3n) is 7.19. The van der Waals surface area contributed by atoms with E-state index in [0.29, 0.717) is 57.0 Å². The summed E-state index contributed by atoms with van der Waals surface area (Å²) in [6.45, 7) is 10.5. The number of aromatic nitrogens is 2. The third-order valence-corrected chi connectivity index (χ3v) is 7.46. The number of aliphatic imine (C=N–C) groups is 1. The minimum absolute atomic E-state index is 0.0653. The average Bonchev–Trinajstić information content (AvgIpc) is 3.30. The van der Waals surface area contributed by atoms with Crippen LogP contribution in [0.4, 0.5) is 11.6 Å². The summed E-state index contributed by atoms with van der Waals surface area (Å²) < 4.78 is 11.3. The van der Waals surface area contributed by atoms with E-state index in [1.54, 1.807) is 26.0 Å². The lowest BCUT2D eigenvalue weighted by molar-refractivity contribution is -0.170. The predicted molar refractivity (Wildman–Crippen MR) is 163 cm³/mol. The Hall–Kier alpha value is -4.13. The van der Waals surface area contributed by atoms with Crippen LogP contribution in [0.5, 0.6) is 5.75 Å². The molecule has 2 aromatic rings. The van der Waals surface area contributed by atoms with E-state index in [1.807, 2.05) is 37.8 Å². The van der Waals surface area contributed by atoms with Crippen molar-refractivity contribution in [1.29, 1.82) is 0 Å². The number of rotatable bonds is 7. The summed E-state index contributed by atoms with van der Waals surface area (Å²) in [6.07, 6.45) is 2.33. The number of nitrogens with one attached hydrogen (secondary N) is 2. The van der Waals surface area contributed by atoms with E-state index in [9.17, 15) is 14.4 Å². The number of likely N-dealkylation sites (tertiary alicyclic amines) is 1. The van der Waals surface area contributed by atoms with Crippen molar-refractivity contribution in [2.75, 3.05) is 31.1 Å². The summed E-state index contributed by atoms with van der Waals surface area (Å²) in [5.41, 5.74) is 10.1. The number of aryl methyl sites for hydroxylation is 1. The molecule has 1 spiro atoms. The Bertz CT molecular complexity index is 1410. The second kappa shape index (κ2) is 12.2. The summed E-state index contributed by atoms with van der Waals surface area (Å²) >= 11 is 5.87. The summed E-state index contributed by atoms with van der Waals surface area (Å²) in [7, 11) is 0. The van der Waals surface area contributed by atoms with Gasteiger partial charge >= 0.3 is 11.9 Å². The predicted octanol–water partition coefficient (Wildman–Crippen LogP) is 2.48. The highest BCUT2D eigenvalue weighted by molar-refractivity contribution is 6.31. The molecule has 13 nitrogen and oxygen atoms in total. The molecule has 2 aliphatic heterocycles. The third kappa shape index (κ3) is 8.04. The van der Waals surface area contributed by atoms with Crippen molar-refractivity contribution in [2.24, 2.45) is 4.99 Å². The number of piperidine rings is 1. The molecule has 2 amide bonds. The highest BCUT2D eigenvalue weighted by Crippen LogP contribution is 2.26. The maximum Gasteiger partial charge on any atom is 0.350 e. The maximum absolute atomic E-state index is 13.0. The van der Waals surface area contributed by atoms with Gasteiger partial charge < -0.3 is 36.5 Å². The molecule has 0 atom stereocenters. The smallest absolute Gasteiger partial charge is 0.350 e. The molecule has 0 aliphatic carbocycles. The van der Waals surface area contributed by atoms with Crippen molar-refractivity contribution >= 4 is 47.0 Å². The first-order valence-electron chi connectivity index (χ1n) is 14.1. The van der Waals surface area contributed by atoms with Gasteiger partial charge in [-0.2, -0.15) is 4.99 Å². The van der Waals surface area contributed by atoms with E-state index in [0.717, 1.165) is 5.56 Å².